The molecule has 2 fully saturated rings. The first kappa shape index (κ1) is 12.4. The van der Waals surface area contributed by atoms with Crippen LogP contribution in [0.15, 0.2) is 0 Å². The maximum atomic E-state index is 6.04. The van der Waals surface area contributed by atoms with Gasteiger partial charge in [-0.3, -0.25) is 0 Å². The van der Waals surface area contributed by atoms with Crippen molar-refractivity contribution in [1.29, 1.82) is 0 Å². The minimum atomic E-state index is 0.00247. The van der Waals surface area contributed by atoms with Gasteiger partial charge in [-0.15, -0.1) is 0 Å². The van der Waals surface area contributed by atoms with Crippen molar-refractivity contribution in [2.75, 3.05) is 19.6 Å². The molecule has 0 amide bonds. The van der Waals surface area contributed by atoms with Crippen molar-refractivity contribution in [3.8, 4) is 0 Å². The van der Waals surface area contributed by atoms with E-state index in [1.165, 1.54) is 58.2 Å². The van der Waals surface area contributed by atoms with E-state index in [2.05, 4.69) is 18.7 Å². The minimum Gasteiger partial charge on any atom is -0.326 e. The lowest BCUT2D eigenvalue weighted by atomic mass is 9.77. The first-order valence-corrected chi connectivity index (χ1v) is 7.01. The highest BCUT2D eigenvalue weighted by Gasteiger charge is 2.36. The van der Waals surface area contributed by atoms with Gasteiger partial charge >= 0.3 is 0 Å². The summed E-state index contributed by atoms with van der Waals surface area (Å²) in [4.78, 5) is 2.62. The summed E-state index contributed by atoms with van der Waals surface area (Å²) in [7, 11) is 0. The number of rotatable bonds is 3. The second-order valence-electron chi connectivity index (χ2n) is 6.79. The van der Waals surface area contributed by atoms with Crippen molar-refractivity contribution < 1.29 is 0 Å². The van der Waals surface area contributed by atoms with Gasteiger partial charge in [-0.25, -0.2) is 0 Å². The van der Waals surface area contributed by atoms with Crippen molar-refractivity contribution in [2.24, 2.45) is 11.1 Å². The van der Waals surface area contributed by atoms with Crippen LogP contribution >= 0.6 is 0 Å². The third kappa shape index (κ3) is 3.21. The van der Waals surface area contributed by atoms with Crippen molar-refractivity contribution in [3.05, 3.63) is 0 Å². The quantitative estimate of drug-likeness (QED) is 0.798. The van der Waals surface area contributed by atoms with Gasteiger partial charge < -0.3 is 10.6 Å². The van der Waals surface area contributed by atoms with Crippen LogP contribution in [0.1, 0.15) is 58.8 Å². The molecule has 16 heavy (non-hydrogen) atoms. The summed E-state index contributed by atoms with van der Waals surface area (Å²) in [5.74, 6) is 0. The van der Waals surface area contributed by atoms with Gasteiger partial charge in [0.05, 0.1) is 0 Å². The number of piperidine rings is 1. The molecule has 2 rings (SSSR count). The first-order valence-electron chi connectivity index (χ1n) is 7.01. The number of hydrogen-bond donors (Lipinski definition) is 1. The fourth-order valence-electron chi connectivity index (χ4n) is 3.32. The smallest absolute Gasteiger partial charge is 0.0109 e. The molecule has 0 atom stereocenters. The highest BCUT2D eigenvalue weighted by Crippen LogP contribution is 2.46. The summed E-state index contributed by atoms with van der Waals surface area (Å²) in [6, 6.07) is 0. The summed E-state index contributed by atoms with van der Waals surface area (Å²) in [6.07, 6.45) is 9.98. The van der Waals surface area contributed by atoms with E-state index in [4.69, 9.17) is 5.73 Å². The van der Waals surface area contributed by atoms with Crippen LogP contribution in [-0.2, 0) is 0 Å². The molecule has 1 aliphatic carbocycles. The van der Waals surface area contributed by atoms with E-state index in [1.807, 2.05) is 0 Å². The largest absolute Gasteiger partial charge is 0.326 e. The van der Waals surface area contributed by atoms with Gasteiger partial charge in [0, 0.05) is 5.54 Å². The lowest BCUT2D eigenvalue weighted by Crippen LogP contribution is -2.42. The van der Waals surface area contributed by atoms with Crippen LogP contribution in [0.2, 0.25) is 0 Å². The Labute approximate surface area is 101 Å². The molecule has 0 radical (unpaired) electrons. The van der Waals surface area contributed by atoms with E-state index in [0.717, 1.165) is 11.8 Å². The van der Waals surface area contributed by atoms with E-state index < -0.39 is 0 Å². The third-order valence-electron chi connectivity index (χ3n) is 4.65. The number of nitrogens with zero attached hydrogens (tertiary/aromatic N) is 1. The molecule has 1 saturated carbocycles. The molecule has 0 aromatic heterocycles. The first-order chi connectivity index (χ1) is 7.49. The van der Waals surface area contributed by atoms with Crippen LogP contribution in [0.5, 0.6) is 0 Å². The number of nitrogens with two attached hydrogens (primary N) is 1. The molecule has 1 aliphatic heterocycles. The number of hydrogen-bond acceptors (Lipinski definition) is 2. The standard InChI is InChI=1S/C14H28N2/c1-13(2,15)7-10-16-11-8-14(9-12-16)5-3-4-6-14/h3-12,15H2,1-2H3. The summed E-state index contributed by atoms with van der Waals surface area (Å²) in [5, 5.41) is 0. The zero-order chi connectivity index (χ0) is 11.6. The predicted molar refractivity (Wildman–Crippen MR) is 69.5 cm³/mol. The average Bonchev–Trinajstić information content (AvgIpc) is 2.65. The molecule has 1 saturated heterocycles. The Bertz CT molecular complexity index is 213. The molecule has 94 valence electrons. The van der Waals surface area contributed by atoms with Crippen molar-refractivity contribution in [1.82, 2.24) is 4.90 Å². The molecule has 1 heterocycles. The van der Waals surface area contributed by atoms with Crippen LogP contribution < -0.4 is 5.73 Å². The lowest BCUT2D eigenvalue weighted by molar-refractivity contribution is 0.103. The van der Waals surface area contributed by atoms with E-state index >= 15 is 0 Å². The Morgan fingerprint density at radius 2 is 1.62 bits per heavy atom. The monoisotopic (exact) mass is 224 g/mol. The van der Waals surface area contributed by atoms with Crippen molar-refractivity contribution in [3.63, 3.8) is 0 Å². The Morgan fingerprint density at radius 1 is 1.06 bits per heavy atom. The maximum Gasteiger partial charge on any atom is 0.0109 e. The van der Waals surface area contributed by atoms with Crippen molar-refractivity contribution >= 4 is 0 Å². The highest BCUT2D eigenvalue weighted by molar-refractivity contribution is 4.90. The van der Waals surface area contributed by atoms with Gasteiger partial charge in [-0.05, 0) is 71.0 Å². The van der Waals surface area contributed by atoms with Crippen LogP contribution in [-0.4, -0.2) is 30.1 Å². The van der Waals surface area contributed by atoms with E-state index in [0.29, 0.717) is 0 Å². The third-order valence-corrected chi connectivity index (χ3v) is 4.65. The topological polar surface area (TPSA) is 29.3 Å². The molecule has 2 N–H and O–H groups in total. The SMILES string of the molecule is CC(C)(N)CCN1CCC2(CCCC2)CC1. The van der Waals surface area contributed by atoms with Gasteiger partial charge in [0.1, 0.15) is 0 Å². The van der Waals surface area contributed by atoms with Gasteiger partial charge in [-0.2, -0.15) is 0 Å². The molecule has 1 spiro atoms. The summed E-state index contributed by atoms with van der Waals surface area (Å²) >= 11 is 0. The molecular formula is C14H28N2. The Morgan fingerprint density at radius 3 is 2.12 bits per heavy atom. The molecule has 0 bridgehead atoms. The van der Waals surface area contributed by atoms with E-state index in [9.17, 15) is 0 Å². The lowest BCUT2D eigenvalue weighted by Gasteiger charge is -2.40. The van der Waals surface area contributed by atoms with Crippen LogP contribution in [0, 0.1) is 5.41 Å². The maximum absolute atomic E-state index is 6.04. The molecule has 0 aromatic carbocycles. The normalized spacial score (nSPS) is 26.4. The second-order valence-corrected chi connectivity index (χ2v) is 6.79. The zero-order valence-corrected chi connectivity index (χ0v) is 11.1. The van der Waals surface area contributed by atoms with Gasteiger partial charge in [-0.1, -0.05) is 12.8 Å². The molecule has 2 heteroatoms. The Balaban J connectivity index is 1.73. The Kier molecular flexibility index (Phi) is 3.60. The summed E-state index contributed by atoms with van der Waals surface area (Å²) in [5.41, 5.74) is 6.80. The van der Waals surface area contributed by atoms with Crippen LogP contribution in [0.25, 0.3) is 0 Å². The summed E-state index contributed by atoms with van der Waals surface area (Å²) in [6.45, 7) is 8.09. The summed E-state index contributed by atoms with van der Waals surface area (Å²) < 4.78 is 0. The fraction of sp³-hybridized carbons (Fsp3) is 1.00. The van der Waals surface area contributed by atoms with Crippen LogP contribution in [0.3, 0.4) is 0 Å². The Hall–Kier alpha value is -0.0800. The van der Waals surface area contributed by atoms with Crippen LogP contribution in [0.4, 0.5) is 0 Å². The molecule has 0 unspecified atom stereocenters. The molecule has 2 aliphatic rings. The highest BCUT2D eigenvalue weighted by atomic mass is 15.1. The minimum absolute atomic E-state index is 0.00247. The molecule has 0 aromatic rings. The molecular weight excluding hydrogens is 196 g/mol. The van der Waals surface area contributed by atoms with Crippen molar-refractivity contribution in [2.45, 2.75) is 64.3 Å². The van der Waals surface area contributed by atoms with Gasteiger partial charge in [0.2, 0.25) is 0 Å². The van der Waals surface area contributed by atoms with Gasteiger partial charge in [0.15, 0.2) is 0 Å². The predicted octanol–water partition coefficient (Wildman–Crippen LogP) is 2.77. The van der Waals surface area contributed by atoms with E-state index in [-0.39, 0.29) is 5.54 Å². The van der Waals surface area contributed by atoms with E-state index in [1.54, 1.807) is 0 Å². The second kappa shape index (κ2) is 4.66. The zero-order valence-electron chi connectivity index (χ0n) is 11.1. The fourth-order valence-corrected chi connectivity index (χ4v) is 3.32. The molecule has 2 nitrogen and oxygen atoms in total. The average molecular weight is 224 g/mol. The van der Waals surface area contributed by atoms with Gasteiger partial charge in [0.25, 0.3) is 0 Å². The number of likely N-dealkylation sites (tertiary alicyclic amines) is 1.